The second-order valence-corrected chi connectivity index (χ2v) is 10.0. The van der Waals surface area contributed by atoms with Gasteiger partial charge in [-0.2, -0.15) is 0 Å². The Kier molecular flexibility index (Phi) is 10.3. The molecule has 0 fully saturated rings. The third-order valence-electron chi connectivity index (χ3n) is 6.36. The SMILES string of the molecule is COc1ccc2c(Oc3ccc(NC(=O)/C(C(=O)Nc4ccccc4)=C(\C)NCC(O)CN(C)C)cc3F)ccnc2c1. The van der Waals surface area contributed by atoms with Crippen LogP contribution in [0.1, 0.15) is 6.92 Å². The summed E-state index contributed by atoms with van der Waals surface area (Å²) in [6.07, 6.45) is 0.807. The lowest BCUT2D eigenvalue weighted by Crippen LogP contribution is -2.36. The van der Waals surface area contributed by atoms with E-state index in [0.717, 1.165) is 6.07 Å². The Labute approximate surface area is 249 Å². The van der Waals surface area contributed by atoms with E-state index in [-0.39, 0.29) is 29.3 Å². The number of halogens is 1. The standard InChI is InChI=1S/C32H34FN5O5/c1-20(35-18-23(39)19-38(2)3)30(31(40)36-21-8-6-5-7-9-21)32(41)37-22-10-13-29(26(33)16-22)43-28-14-15-34-27-17-24(42-4)11-12-25(27)28/h5-17,23,35,39H,18-19H2,1-4H3,(H,36,40)(H,37,41)/b30-20+. The molecule has 0 aliphatic carbocycles. The van der Waals surface area contributed by atoms with Gasteiger partial charge < -0.3 is 35.4 Å². The Morgan fingerprint density at radius 3 is 2.35 bits per heavy atom. The summed E-state index contributed by atoms with van der Waals surface area (Å²) in [5, 5.41) is 19.2. The van der Waals surface area contributed by atoms with E-state index in [4.69, 9.17) is 9.47 Å². The molecule has 0 bridgehead atoms. The number of allylic oxidation sites excluding steroid dienone is 1. The highest BCUT2D eigenvalue weighted by Gasteiger charge is 2.23. The van der Waals surface area contributed by atoms with Gasteiger partial charge in [0, 0.05) is 53.9 Å². The van der Waals surface area contributed by atoms with Crippen LogP contribution in [0, 0.1) is 5.82 Å². The first-order valence-corrected chi connectivity index (χ1v) is 13.5. The highest BCUT2D eigenvalue weighted by molar-refractivity contribution is 6.26. The van der Waals surface area contributed by atoms with E-state index in [0.29, 0.717) is 34.6 Å². The Balaban J connectivity index is 1.54. The topological polar surface area (TPSA) is 125 Å². The first kappa shape index (κ1) is 30.9. The Bertz CT molecular complexity index is 1630. The zero-order valence-corrected chi connectivity index (χ0v) is 24.3. The number of nitrogens with one attached hydrogen (secondary N) is 3. The molecule has 2 amide bonds. The van der Waals surface area contributed by atoms with Crippen molar-refractivity contribution in [3.05, 3.63) is 96.1 Å². The summed E-state index contributed by atoms with van der Waals surface area (Å²) >= 11 is 0. The van der Waals surface area contributed by atoms with E-state index in [1.165, 1.54) is 12.1 Å². The molecule has 0 saturated heterocycles. The molecule has 10 nitrogen and oxygen atoms in total. The van der Waals surface area contributed by atoms with E-state index < -0.39 is 23.7 Å². The molecule has 3 aromatic carbocycles. The Morgan fingerprint density at radius 2 is 1.67 bits per heavy atom. The summed E-state index contributed by atoms with van der Waals surface area (Å²) in [4.78, 5) is 32.7. The fraction of sp³-hybridized carbons (Fsp3) is 0.219. The number of benzene rings is 3. The predicted octanol–water partition coefficient (Wildman–Crippen LogP) is 4.54. The van der Waals surface area contributed by atoms with Gasteiger partial charge in [-0.25, -0.2) is 4.39 Å². The molecule has 11 heteroatoms. The van der Waals surface area contributed by atoms with Gasteiger partial charge in [0.25, 0.3) is 11.8 Å². The van der Waals surface area contributed by atoms with Crippen molar-refractivity contribution in [2.45, 2.75) is 13.0 Å². The van der Waals surface area contributed by atoms with Crippen molar-refractivity contribution in [2.75, 3.05) is 44.9 Å². The normalized spacial score (nSPS) is 12.3. The highest BCUT2D eigenvalue weighted by atomic mass is 19.1. The summed E-state index contributed by atoms with van der Waals surface area (Å²) in [6.45, 7) is 2.06. The number of nitrogens with zero attached hydrogens (tertiary/aromatic N) is 2. The Hall–Kier alpha value is -5.00. The number of para-hydroxylation sites is 1. The van der Waals surface area contributed by atoms with Crippen molar-refractivity contribution in [3.8, 4) is 17.2 Å². The molecule has 4 aromatic rings. The van der Waals surface area contributed by atoms with Gasteiger partial charge >= 0.3 is 0 Å². The number of ether oxygens (including phenoxy) is 2. The van der Waals surface area contributed by atoms with Crippen LogP contribution in [0.15, 0.2) is 90.3 Å². The smallest absolute Gasteiger partial charge is 0.263 e. The zero-order valence-electron chi connectivity index (χ0n) is 24.3. The molecule has 0 aliphatic heterocycles. The number of likely N-dealkylation sites (N-methyl/N-ethyl adjacent to an activating group) is 1. The number of rotatable bonds is 12. The van der Waals surface area contributed by atoms with Gasteiger partial charge in [0.15, 0.2) is 11.6 Å². The van der Waals surface area contributed by atoms with Gasteiger partial charge in [-0.1, -0.05) is 18.2 Å². The number of anilines is 2. The van der Waals surface area contributed by atoms with Crippen LogP contribution in [0.2, 0.25) is 0 Å². The molecule has 43 heavy (non-hydrogen) atoms. The van der Waals surface area contributed by atoms with Crippen molar-refractivity contribution in [1.29, 1.82) is 0 Å². The largest absolute Gasteiger partial charge is 0.497 e. The number of aliphatic hydroxyl groups is 1. The van der Waals surface area contributed by atoms with Crippen LogP contribution < -0.4 is 25.4 Å². The van der Waals surface area contributed by atoms with Gasteiger partial charge in [0.2, 0.25) is 0 Å². The molecule has 0 aliphatic rings. The second-order valence-electron chi connectivity index (χ2n) is 10.0. The molecule has 1 heterocycles. The second kappa shape index (κ2) is 14.3. The minimum atomic E-state index is -0.761. The van der Waals surface area contributed by atoms with Gasteiger partial charge in [0.1, 0.15) is 17.1 Å². The average Bonchev–Trinajstić information content (AvgIpc) is 2.97. The van der Waals surface area contributed by atoms with Gasteiger partial charge in [-0.15, -0.1) is 0 Å². The molecule has 4 N–H and O–H groups in total. The minimum Gasteiger partial charge on any atom is -0.497 e. The van der Waals surface area contributed by atoms with Crippen molar-refractivity contribution in [1.82, 2.24) is 15.2 Å². The van der Waals surface area contributed by atoms with Gasteiger partial charge in [-0.3, -0.25) is 14.6 Å². The summed E-state index contributed by atoms with van der Waals surface area (Å²) in [5.74, 6) is -1.20. The highest BCUT2D eigenvalue weighted by Crippen LogP contribution is 2.33. The van der Waals surface area contributed by atoms with Crippen molar-refractivity contribution in [2.24, 2.45) is 0 Å². The summed E-state index contributed by atoms with van der Waals surface area (Å²) in [5.41, 5.74) is 1.25. The third-order valence-corrected chi connectivity index (χ3v) is 6.36. The molecule has 1 unspecified atom stereocenters. The molecular formula is C32H34FN5O5. The van der Waals surface area contributed by atoms with E-state index in [1.54, 1.807) is 74.8 Å². The maximum absolute atomic E-state index is 15.2. The number of pyridine rings is 1. The number of aromatic nitrogens is 1. The van der Waals surface area contributed by atoms with E-state index in [1.807, 2.05) is 19.0 Å². The first-order valence-electron chi connectivity index (χ1n) is 13.5. The quantitative estimate of drug-likeness (QED) is 0.108. The maximum atomic E-state index is 15.2. The van der Waals surface area contributed by atoms with Crippen LogP contribution >= 0.6 is 0 Å². The number of amides is 2. The molecule has 0 saturated carbocycles. The number of carbonyl (C=O) groups is 2. The van der Waals surface area contributed by atoms with E-state index >= 15 is 4.39 Å². The fourth-order valence-corrected chi connectivity index (χ4v) is 4.30. The molecule has 0 radical (unpaired) electrons. The summed E-state index contributed by atoms with van der Waals surface area (Å²) in [6, 6.07) is 19.5. The number of hydrogen-bond acceptors (Lipinski definition) is 8. The van der Waals surface area contributed by atoms with Crippen LogP contribution in [0.25, 0.3) is 10.9 Å². The predicted molar refractivity (Wildman–Crippen MR) is 164 cm³/mol. The van der Waals surface area contributed by atoms with Crippen LogP contribution in [0.3, 0.4) is 0 Å². The molecular weight excluding hydrogens is 553 g/mol. The monoisotopic (exact) mass is 587 g/mol. The average molecular weight is 588 g/mol. The lowest BCUT2D eigenvalue weighted by atomic mass is 10.1. The number of aliphatic hydroxyl groups excluding tert-OH is 1. The number of methoxy groups -OCH3 is 1. The minimum absolute atomic E-state index is 0.0633. The van der Waals surface area contributed by atoms with Crippen molar-refractivity contribution >= 4 is 34.1 Å². The molecule has 4 rings (SSSR count). The zero-order chi connectivity index (χ0) is 30.9. The molecule has 0 spiro atoms. The summed E-state index contributed by atoms with van der Waals surface area (Å²) in [7, 11) is 5.20. The van der Waals surface area contributed by atoms with Crippen LogP contribution in [0.4, 0.5) is 15.8 Å². The molecule has 1 atom stereocenters. The summed E-state index contributed by atoms with van der Waals surface area (Å²) < 4.78 is 26.3. The first-order chi connectivity index (χ1) is 20.6. The third kappa shape index (κ3) is 8.28. The lowest BCUT2D eigenvalue weighted by molar-refractivity contribution is -0.118. The molecule has 224 valence electrons. The van der Waals surface area contributed by atoms with Crippen LogP contribution in [-0.2, 0) is 9.59 Å². The number of carbonyl (C=O) groups excluding carboxylic acids is 2. The number of hydrogen-bond donors (Lipinski definition) is 4. The van der Waals surface area contributed by atoms with E-state index in [9.17, 15) is 14.7 Å². The van der Waals surface area contributed by atoms with Gasteiger partial charge in [-0.05, 0) is 63.5 Å². The van der Waals surface area contributed by atoms with E-state index in [2.05, 4.69) is 20.9 Å². The lowest BCUT2D eigenvalue weighted by Gasteiger charge is -2.19. The fourth-order valence-electron chi connectivity index (χ4n) is 4.30. The van der Waals surface area contributed by atoms with Crippen molar-refractivity contribution < 1.29 is 28.6 Å². The van der Waals surface area contributed by atoms with Crippen LogP contribution in [0.5, 0.6) is 17.2 Å². The van der Waals surface area contributed by atoms with Gasteiger partial charge in [0.05, 0.1) is 18.7 Å². The number of fused-ring (bicyclic) bond motifs is 1. The maximum Gasteiger partial charge on any atom is 0.263 e. The molecule has 1 aromatic heterocycles. The van der Waals surface area contributed by atoms with Crippen molar-refractivity contribution in [3.63, 3.8) is 0 Å². The van der Waals surface area contributed by atoms with Crippen LogP contribution in [-0.4, -0.2) is 67.2 Å². The Morgan fingerprint density at radius 1 is 0.953 bits per heavy atom.